The molecular weight excluding hydrogens is 422 g/mol. The zero-order valence-corrected chi connectivity index (χ0v) is 17.8. The SMILES string of the molecule is COc1ccc(NC(=O)N2CCN(c3nc4ccc([N+](=O)[O-])cc4s3)CC2)c(OC)c1. The molecule has 0 aliphatic carbocycles. The summed E-state index contributed by atoms with van der Waals surface area (Å²) in [4.78, 5) is 31.7. The number of fused-ring (bicyclic) bond motifs is 1. The van der Waals surface area contributed by atoms with Gasteiger partial charge in [-0.15, -0.1) is 0 Å². The van der Waals surface area contributed by atoms with Gasteiger partial charge >= 0.3 is 6.03 Å². The molecule has 0 bridgehead atoms. The van der Waals surface area contributed by atoms with Gasteiger partial charge in [0.2, 0.25) is 0 Å². The van der Waals surface area contributed by atoms with E-state index in [1.807, 2.05) is 0 Å². The van der Waals surface area contributed by atoms with Crippen LogP contribution in [0, 0.1) is 10.1 Å². The van der Waals surface area contributed by atoms with Crippen molar-refractivity contribution < 1.29 is 19.2 Å². The molecule has 3 aromatic rings. The highest BCUT2D eigenvalue weighted by Gasteiger charge is 2.24. The number of urea groups is 1. The van der Waals surface area contributed by atoms with Crippen LogP contribution in [-0.4, -0.2) is 61.2 Å². The van der Waals surface area contributed by atoms with Crippen molar-refractivity contribution in [3.63, 3.8) is 0 Å². The first-order valence-corrected chi connectivity index (χ1v) is 10.4. The van der Waals surface area contributed by atoms with Crippen LogP contribution in [0.1, 0.15) is 0 Å². The standard InChI is InChI=1S/C20H21N5O5S/c1-29-14-4-6-15(17(12-14)30-2)21-19(26)23-7-9-24(10-8-23)20-22-16-5-3-13(25(27)28)11-18(16)31-20/h3-6,11-12H,7-10H2,1-2H3,(H,21,26). The smallest absolute Gasteiger partial charge is 0.322 e. The van der Waals surface area contributed by atoms with E-state index in [-0.39, 0.29) is 11.7 Å². The minimum atomic E-state index is -0.409. The van der Waals surface area contributed by atoms with Crippen LogP contribution >= 0.6 is 11.3 Å². The number of benzene rings is 2. The fourth-order valence-corrected chi connectivity index (χ4v) is 4.40. The highest BCUT2D eigenvalue weighted by atomic mass is 32.1. The first-order chi connectivity index (χ1) is 15.0. The van der Waals surface area contributed by atoms with E-state index in [9.17, 15) is 14.9 Å². The molecule has 1 aliphatic heterocycles. The van der Waals surface area contributed by atoms with E-state index in [1.54, 1.807) is 42.3 Å². The van der Waals surface area contributed by atoms with Gasteiger partial charge in [0.1, 0.15) is 11.5 Å². The summed E-state index contributed by atoms with van der Waals surface area (Å²) >= 11 is 1.42. The number of thiazole rings is 1. The number of aromatic nitrogens is 1. The van der Waals surface area contributed by atoms with Crippen LogP contribution in [0.25, 0.3) is 10.2 Å². The number of hydrogen-bond donors (Lipinski definition) is 1. The molecule has 0 unspecified atom stereocenters. The largest absolute Gasteiger partial charge is 0.497 e. The van der Waals surface area contributed by atoms with Gasteiger partial charge in [-0.3, -0.25) is 10.1 Å². The molecule has 0 spiro atoms. The van der Waals surface area contributed by atoms with E-state index in [0.717, 1.165) is 15.3 Å². The van der Waals surface area contributed by atoms with Crippen molar-refractivity contribution in [3.05, 3.63) is 46.5 Å². The summed E-state index contributed by atoms with van der Waals surface area (Å²) in [6.07, 6.45) is 0. The summed E-state index contributed by atoms with van der Waals surface area (Å²) in [5, 5.41) is 14.7. The number of rotatable bonds is 5. The van der Waals surface area contributed by atoms with Gasteiger partial charge in [0.15, 0.2) is 5.13 Å². The molecule has 1 aromatic heterocycles. The normalized spacial score (nSPS) is 13.9. The molecular formula is C20H21N5O5S. The molecule has 2 heterocycles. The van der Waals surface area contributed by atoms with Crippen molar-refractivity contribution in [2.24, 2.45) is 0 Å². The second-order valence-corrected chi connectivity index (χ2v) is 7.89. The van der Waals surface area contributed by atoms with Gasteiger partial charge < -0.3 is 24.6 Å². The topological polar surface area (TPSA) is 110 Å². The van der Waals surface area contributed by atoms with Gasteiger partial charge in [-0.2, -0.15) is 0 Å². The molecule has 1 N–H and O–H groups in total. The van der Waals surface area contributed by atoms with Crippen LogP contribution in [0.2, 0.25) is 0 Å². The number of carbonyl (C=O) groups excluding carboxylic acids is 1. The number of amides is 2. The molecule has 4 rings (SSSR count). The zero-order valence-electron chi connectivity index (χ0n) is 17.0. The molecule has 11 heteroatoms. The number of methoxy groups -OCH3 is 2. The Labute approximate surface area is 182 Å². The van der Waals surface area contributed by atoms with Crippen LogP contribution in [0.5, 0.6) is 11.5 Å². The summed E-state index contributed by atoms with van der Waals surface area (Å²) in [7, 11) is 3.11. The molecule has 2 aromatic carbocycles. The Bertz CT molecular complexity index is 1130. The lowest BCUT2D eigenvalue weighted by Gasteiger charge is -2.34. The summed E-state index contributed by atoms with van der Waals surface area (Å²) in [6.45, 7) is 2.30. The molecule has 31 heavy (non-hydrogen) atoms. The fraction of sp³-hybridized carbons (Fsp3) is 0.300. The van der Waals surface area contributed by atoms with E-state index in [0.29, 0.717) is 43.4 Å². The Morgan fingerprint density at radius 3 is 2.58 bits per heavy atom. The van der Waals surface area contributed by atoms with Crippen molar-refractivity contribution in [2.75, 3.05) is 50.6 Å². The molecule has 0 atom stereocenters. The molecule has 2 amide bonds. The molecule has 0 saturated carbocycles. The van der Waals surface area contributed by atoms with Crippen molar-refractivity contribution in [3.8, 4) is 11.5 Å². The monoisotopic (exact) mass is 443 g/mol. The third kappa shape index (κ3) is 4.31. The summed E-state index contributed by atoms with van der Waals surface area (Å²) < 4.78 is 11.3. The number of nitrogens with one attached hydrogen (secondary N) is 1. The van der Waals surface area contributed by atoms with Crippen molar-refractivity contribution in [2.45, 2.75) is 0 Å². The number of carbonyl (C=O) groups is 1. The third-order valence-electron chi connectivity index (χ3n) is 5.06. The highest BCUT2D eigenvalue weighted by Crippen LogP contribution is 2.32. The van der Waals surface area contributed by atoms with E-state index < -0.39 is 4.92 Å². The third-order valence-corrected chi connectivity index (χ3v) is 6.14. The number of nitro groups is 1. The van der Waals surface area contributed by atoms with Crippen LogP contribution in [0.3, 0.4) is 0 Å². The predicted molar refractivity (Wildman–Crippen MR) is 119 cm³/mol. The van der Waals surface area contributed by atoms with Crippen LogP contribution in [0.15, 0.2) is 36.4 Å². The maximum absolute atomic E-state index is 12.7. The number of nitro benzene ring substituents is 1. The van der Waals surface area contributed by atoms with Gasteiger partial charge in [0.25, 0.3) is 5.69 Å². The molecule has 0 radical (unpaired) electrons. The lowest BCUT2D eigenvalue weighted by Crippen LogP contribution is -2.50. The number of nitrogens with zero attached hydrogens (tertiary/aromatic N) is 4. The Balaban J connectivity index is 1.40. The maximum atomic E-state index is 12.7. The summed E-state index contributed by atoms with van der Waals surface area (Å²) in [6, 6.07) is 9.68. The summed E-state index contributed by atoms with van der Waals surface area (Å²) in [5.41, 5.74) is 1.36. The maximum Gasteiger partial charge on any atom is 0.322 e. The van der Waals surface area contributed by atoms with E-state index >= 15 is 0 Å². The van der Waals surface area contributed by atoms with Crippen molar-refractivity contribution in [1.82, 2.24) is 9.88 Å². The molecule has 1 saturated heterocycles. The average molecular weight is 443 g/mol. The predicted octanol–water partition coefficient (Wildman–Crippen LogP) is 3.58. The quantitative estimate of drug-likeness (QED) is 0.474. The Hall–Kier alpha value is -3.60. The Kier molecular flexibility index (Phi) is 5.76. The second-order valence-electron chi connectivity index (χ2n) is 6.88. The van der Waals surface area contributed by atoms with Gasteiger partial charge in [0, 0.05) is 44.4 Å². The lowest BCUT2D eigenvalue weighted by atomic mass is 10.2. The van der Waals surface area contributed by atoms with E-state index in [2.05, 4.69) is 15.2 Å². The molecule has 162 valence electrons. The van der Waals surface area contributed by atoms with Crippen molar-refractivity contribution in [1.29, 1.82) is 0 Å². The summed E-state index contributed by atoms with van der Waals surface area (Å²) in [5.74, 6) is 1.17. The first kappa shape index (κ1) is 20.7. The van der Waals surface area contributed by atoms with Crippen molar-refractivity contribution >= 4 is 44.1 Å². The highest BCUT2D eigenvalue weighted by molar-refractivity contribution is 7.22. The minimum absolute atomic E-state index is 0.0538. The second kappa shape index (κ2) is 8.64. The number of piperazine rings is 1. The minimum Gasteiger partial charge on any atom is -0.497 e. The van der Waals surface area contributed by atoms with E-state index in [1.165, 1.54) is 24.5 Å². The number of non-ortho nitro benzene ring substituents is 1. The van der Waals surface area contributed by atoms with Crippen LogP contribution in [-0.2, 0) is 0 Å². The van der Waals surface area contributed by atoms with Gasteiger partial charge in [-0.25, -0.2) is 9.78 Å². The van der Waals surface area contributed by atoms with Crippen LogP contribution < -0.4 is 19.7 Å². The number of ether oxygens (including phenoxy) is 2. The van der Waals surface area contributed by atoms with Crippen LogP contribution in [0.4, 0.5) is 21.3 Å². The number of anilines is 2. The number of hydrogen-bond acceptors (Lipinski definition) is 8. The molecule has 1 fully saturated rings. The fourth-order valence-electron chi connectivity index (χ4n) is 3.35. The zero-order chi connectivity index (χ0) is 22.0. The Morgan fingerprint density at radius 1 is 1.13 bits per heavy atom. The molecule has 10 nitrogen and oxygen atoms in total. The Morgan fingerprint density at radius 2 is 1.90 bits per heavy atom. The molecule has 1 aliphatic rings. The first-order valence-electron chi connectivity index (χ1n) is 9.56. The van der Waals surface area contributed by atoms with Gasteiger partial charge in [-0.1, -0.05) is 11.3 Å². The average Bonchev–Trinajstić information content (AvgIpc) is 3.22. The van der Waals surface area contributed by atoms with Gasteiger partial charge in [0.05, 0.1) is 35.0 Å². The van der Waals surface area contributed by atoms with Gasteiger partial charge in [-0.05, 0) is 18.2 Å². The van der Waals surface area contributed by atoms with E-state index in [4.69, 9.17) is 9.47 Å². The lowest BCUT2D eigenvalue weighted by molar-refractivity contribution is -0.384.